The minimum atomic E-state index is -0.574. The molecule has 0 spiro atoms. The first-order valence-corrected chi connectivity index (χ1v) is 10.3. The summed E-state index contributed by atoms with van der Waals surface area (Å²) >= 11 is 5.87. The van der Waals surface area contributed by atoms with Crippen molar-refractivity contribution >= 4 is 23.2 Å². The summed E-state index contributed by atoms with van der Waals surface area (Å²) in [5.74, 6) is 0.313. The molecule has 0 saturated carbocycles. The van der Waals surface area contributed by atoms with Crippen LogP contribution in [-0.4, -0.2) is 17.4 Å². The minimum absolute atomic E-state index is 0.0335. The van der Waals surface area contributed by atoms with E-state index in [2.05, 4.69) is 53.8 Å². The summed E-state index contributed by atoms with van der Waals surface area (Å²) in [6.45, 7) is 0.461. The van der Waals surface area contributed by atoms with Crippen molar-refractivity contribution in [1.82, 2.24) is 5.32 Å². The van der Waals surface area contributed by atoms with Gasteiger partial charge in [0.2, 0.25) is 0 Å². The summed E-state index contributed by atoms with van der Waals surface area (Å²) in [5, 5.41) is 14.5. The van der Waals surface area contributed by atoms with E-state index in [1.54, 1.807) is 0 Å². The molecule has 6 rings (SSSR count). The topological polar surface area (TPSA) is 72.2 Å². The number of rotatable bonds is 4. The number of amides is 1. The summed E-state index contributed by atoms with van der Waals surface area (Å²) in [6, 6.07) is 21.2. The Morgan fingerprint density at radius 2 is 1.60 bits per heavy atom. The third kappa shape index (κ3) is 2.97. The fourth-order valence-electron chi connectivity index (χ4n) is 5.13. The molecule has 1 N–H and O–H groups in total. The average molecular weight is 419 g/mol. The predicted molar refractivity (Wildman–Crippen MR) is 115 cm³/mol. The third-order valence-corrected chi connectivity index (χ3v) is 6.58. The highest BCUT2D eigenvalue weighted by Gasteiger charge is 2.43. The molecule has 3 aromatic rings. The Kier molecular flexibility index (Phi) is 4.55. The van der Waals surface area contributed by atoms with Gasteiger partial charge in [-0.05, 0) is 46.7 Å². The van der Waals surface area contributed by atoms with Gasteiger partial charge in [-0.2, -0.15) is 0 Å². The summed E-state index contributed by atoms with van der Waals surface area (Å²) in [7, 11) is 0. The lowest BCUT2D eigenvalue weighted by atomic mass is 9.59. The SMILES string of the molecule is O=C(NCC1CC2c3ccccc3C1c1ccccc12)c1ccc(Cl)cc1[N+](=O)[O-]. The molecule has 2 bridgehead atoms. The third-order valence-electron chi connectivity index (χ3n) is 6.35. The van der Waals surface area contributed by atoms with Gasteiger partial charge in [0.25, 0.3) is 11.6 Å². The summed E-state index contributed by atoms with van der Waals surface area (Å²) in [5.41, 5.74) is 5.15. The highest BCUT2D eigenvalue weighted by molar-refractivity contribution is 6.31. The van der Waals surface area contributed by atoms with Gasteiger partial charge in [-0.25, -0.2) is 0 Å². The van der Waals surface area contributed by atoms with Crippen molar-refractivity contribution in [3.63, 3.8) is 0 Å². The van der Waals surface area contributed by atoms with E-state index in [1.807, 2.05) is 0 Å². The average Bonchev–Trinajstić information content (AvgIpc) is 2.77. The van der Waals surface area contributed by atoms with Crippen LogP contribution < -0.4 is 5.32 Å². The summed E-state index contributed by atoms with van der Waals surface area (Å²) < 4.78 is 0. The van der Waals surface area contributed by atoms with Gasteiger partial charge in [0.1, 0.15) is 5.56 Å². The molecule has 0 radical (unpaired) electrons. The lowest BCUT2D eigenvalue weighted by molar-refractivity contribution is -0.385. The van der Waals surface area contributed by atoms with Gasteiger partial charge >= 0.3 is 0 Å². The maximum atomic E-state index is 12.8. The maximum Gasteiger partial charge on any atom is 0.283 e. The zero-order valence-corrected chi connectivity index (χ0v) is 16.8. The van der Waals surface area contributed by atoms with Crippen LogP contribution in [0.5, 0.6) is 0 Å². The Bertz CT molecular complexity index is 1130. The zero-order valence-electron chi connectivity index (χ0n) is 16.0. The van der Waals surface area contributed by atoms with Crippen molar-refractivity contribution in [2.75, 3.05) is 6.54 Å². The van der Waals surface area contributed by atoms with Crippen molar-refractivity contribution in [3.05, 3.63) is 110 Å². The van der Waals surface area contributed by atoms with Gasteiger partial charge < -0.3 is 5.32 Å². The van der Waals surface area contributed by atoms with E-state index in [0.717, 1.165) is 6.42 Å². The smallest absolute Gasteiger partial charge is 0.283 e. The fraction of sp³-hybridized carbons (Fsp3) is 0.208. The quantitative estimate of drug-likeness (QED) is 0.463. The van der Waals surface area contributed by atoms with Gasteiger partial charge in [-0.3, -0.25) is 14.9 Å². The molecule has 1 unspecified atom stereocenters. The maximum absolute atomic E-state index is 12.8. The Labute approximate surface area is 178 Å². The Hall–Kier alpha value is -3.18. The van der Waals surface area contributed by atoms with Crippen LogP contribution in [0, 0.1) is 16.0 Å². The molecule has 150 valence electrons. The number of hydrogen-bond donors (Lipinski definition) is 1. The number of carbonyl (C=O) groups excluding carboxylic acids is 1. The van der Waals surface area contributed by atoms with E-state index in [1.165, 1.54) is 40.5 Å². The van der Waals surface area contributed by atoms with E-state index >= 15 is 0 Å². The number of fused-ring (bicyclic) bond motifs is 1. The van der Waals surface area contributed by atoms with Crippen molar-refractivity contribution in [2.24, 2.45) is 5.92 Å². The number of nitrogens with one attached hydrogen (secondary N) is 1. The molecule has 3 aliphatic carbocycles. The first-order chi connectivity index (χ1) is 14.5. The molecule has 0 fully saturated rings. The number of nitro benzene ring substituents is 1. The first-order valence-electron chi connectivity index (χ1n) is 9.94. The van der Waals surface area contributed by atoms with E-state index in [0.29, 0.717) is 12.5 Å². The summed E-state index contributed by atoms with van der Waals surface area (Å²) in [4.78, 5) is 23.5. The number of nitrogens with zero attached hydrogens (tertiary/aromatic N) is 1. The molecule has 0 saturated heterocycles. The van der Waals surface area contributed by atoms with E-state index < -0.39 is 10.8 Å². The zero-order chi connectivity index (χ0) is 20.8. The van der Waals surface area contributed by atoms with Gasteiger partial charge in [0.05, 0.1) is 4.92 Å². The van der Waals surface area contributed by atoms with Crippen LogP contribution in [0.15, 0.2) is 66.7 Å². The number of benzene rings is 3. The molecule has 0 aliphatic heterocycles. The molecular weight excluding hydrogens is 400 g/mol. The number of hydrogen-bond acceptors (Lipinski definition) is 3. The summed E-state index contributed by atoms with van der Waals surface area (Å²) in [6.07, 6.45) is 0.946. The molecule has 3 aliphatic rings. The lowest BCUT2D eigenvalue weighted by Crippen LogP contribution is -2.39. The molecule has 6 heteroatoms. The molecule has 0 heterocycles. The van der Waals surface area contributed by atoms with Crippen molar-refractivity contribution < 1.29 is 9.72 Å². The van der Waals surface area contributed by atoms with Gasteiger partial charge in [-0.1, -0.05) is 60.1 Å². The van der Waals surface area contributed by atoms with E-state index in [9.17, 15) is 14.9 Å². The van der Waals surface area contributed by atoms with Crippen LogP contribution in [0.3, 0.4) is 0 Å². The van der Waals surface area contributed by atoms with Gasteiger partial charge in [0.15, 0.2) is 0 Å². The molecular formula is C24H19ClN2O3. The highest BCUT2D eigenvalue weighted by atomic mass is 35.5. The van der Waals surface area contributed by atoms with Gasteiger partial charge in [0, 0.05) is 29.5 Å². The molecule has 3 aromatic carbocycles. The van der Waals surface area contributed by atoms with Crippen LogP contribution in [0.1, 0.15) is 50.9 Å². The number of nitro groups is 1. The Morgan fingerprint density at radius 3 is 2.20 bits per heavy atom. The molecule has 30 heavy (non-hydrogen) atoms. The monoisotopic (exact) mass is 418 g/mol. The second kappa shape index (κ2) is 7.26. The van der Waals surface area contributed by atoms with Crippen molar-refractivity contribution in [2.45, 2.75) is 18.3 Å². The molecule has 1 amide bonds. The first kappa shape index (κ1) is 18.8. The number of halogens is 1. The second-order valence-corrected chi connectivity index (χ2v) is 8.35. The molecule has 5 nitrogen and oxygen atoms in total. The van der Waals surface area contributed by atoms with Crippen molar-refractivity contribution in [3.8, 4) is 0 Å². The van der Waals surface area contributed by atoms with Crippen molar-refractivity contribution in [1.29, 1.82) is 0 Å². The van der Waals surface area contributed by atoms with Crippen LogP contribution in [0.2, 0.25) is 5.02 Å². The lowest BCUT2D eigenvalue weighted by Gasteiger charge is -2.45. The largest absolute Gasteiger partial charge is 0.352 e. The Morgan fingerprint density at radius 1 is 1.00 bits per heavy atom. The van der Waals surface area contributed by atoms with Crippen LogP contribution >= 0.6 is 11.6 Å². The standard InChI is InChI=1S/C24H19ClN2O3/c25-15-9-10-20(22(12-15)27(29)30)24(28)26-13-14-11-21-16-5-1-3-7-18(16)23(14)19-8-4-2-6-17(19)21/h1-10,12,14,21,23H,11,13H2,(H,26,28). The van der Waals surface area contributed by atoms with Crippen LogP contribution in [0.4, 0.5) is 5.69 Å². The van der Waals surface area contributed by atoms with E-state index in [4.69, 9.17) is 11.6 Å². The fourth-order valence-corrected chi connectivity index (χ4v) is 5.29. The number of carbonyl (C=O) groups is 1. The highest BCUT2D eigenvalue weighted by Crippen LogP contribution is 2.55. The predicted octanol–water partition coefficient (Wildman–Crippen LogP) is 5.28. The molecule has 0 aromatic heterocycles. The molecule has 1 atom stereocenters. The van der Waals surface area contributed by atoms with Crippen LogP contribution in [-0.2, 0) is 0 Å². The van der Waals surface area contributed by atoms with E-state index in [-0.39, 0.29) is 28.1 Å². The second-order valence-electron chi connectivity index (χ2n) is 7.91. The normalized spacial score (nSPS) is 20.9. The Balaban J connectivity index is 1.43. The van der Waals surface area contributed by atoms with Crippen LogP contribution in [0.25, 0.3) is 0 Å². The van der Waals surface area contributed by atoms with Gasteiger partial charge in [-0.15, -0.1) is 0 Å². The minimum Gasteiger partial charge on any atom is -0.352 e.